The molecule has 0 saturated heterocycles. The summed E-state index contributed by atoms with van der Waals surface area (Å²) in [4.78, 5) is 25.7. The summed E-state index contributed by atoms with van der Waals surface area (Å²) in [6.07, 6.45) is 0.956. The molecule has 0 unspecified atom stereocenters. The number of ether oxygens (including phenoxy) is 1. The number of thioether (sulfide) groups is 1. The molecule has 0 bridgehead atoms. The molecular weight excluding hydrogens is 370 g/mol. The number of carbonyl (C=O) groups is 2. The van der Waals surface area contributed by atoms with Gasteiger partial charge in [-0.15, -0.1) is 11.8 Å². The zero-order chi connectivity index (χ0) is 19.4. The van der Waals surface area contributed by atoms with Crippen molar-refractivity contribution in [2.24, 2.45) is 0 Å². The molecule has 1 N–H and O–H groups in total. The zero-order valence-corrected chi connectivity index (χ0v) is 17.0. The first-order valence-corrected chi connectivity index (χ1v) is 9.76. The highest BCUT2D eigenvalue weighted by Crippen LogP contribution is 2.25. The highest BCUT2D eigenvalue weighted by molar-refractivity contribution is 7.98. The Balaban J connectivity index is 2.11. The van der Waals surface area contributed by atoms with Crippen molar-refractivity contribution >= 4 is 40.9 Å². The Bertz CT molecular complexity index is 828. The molecule has 0 aliphatic heterocycles. The summed E-state index contributed by atoms with van der Waals surface area (Å²) < 4.78 is 5.31. The number of hydrogen-bond donors (Lipinski definition) is 1. The van der Waals surface area contributed by atoms with Gasteiger partial charge in [-0.3, -0.25) is 4.79 Å². The van der Waals surface area contributed by atoms with Crippen molar-refractivity contribution in [3.8, 4) is 0 Å². The van der Waals surface area contributed by atoms with E-state index in [1.165, 1.54) is 11.8 Å². The van der Waals surface area contributed by atoms with Gasteiger partial charge in [0.05, 0.1) is 10.6 Å². The van der Waals surface area contributed by atoms with Gasteiger partial charge in [-0.05, 0) is 63.3 Å². The minimum atomic E-state index is -0.948. The van der Waals surface area contributed by atoms with E-state index in [-0.39, 0.29) is 11.5 Å². The summed E-state index contributed by atoms with van der Waals surface area (Å²) in [7, 11) is 0. The third-order valence-corrected chi connectivity index (χ3v) is 5.03. The van der Waals surface area contributed by atoms with Gasteiger partial charge in [0.25, 0.3) is 5.91 Å². The molecule has 0 radical (unpaired) electrons. The number of amides is 1. The third-order valence-electron chi connectivity index (χ3n) is 3.97. The summed E-state index contributed by atoms with van der Waals surface area (Å²) in [5.41, 5.74) is 4.04. The molecule has 2 aromatic carbocycles. The highest BCUT2D eigenvalue weighted by atomic mass is 35.5. The average molecular weight is 392 g/mol. The number of rotatable bonds is 5. The summed E-state index contributed by atoms with van der Waals surface area (Å²) in [6, 6.07) is 9.12. The SMILES string of the molecule is CSc1ccc(Cl)c(C(=O)O[C@@H](C)C(=O)Nc2c(C)cc(C)cc2C)c1. The molecule has 0 aromatic heterocycles. The number of aryl methyl sites for hydroxylation is 3. The Hall–Kier alpha value is -1.98. The fourth-order valence-corrected chi connectivity index (χ4v) is 3.30. The topological polar surface area (TPSA) is 55.4 Å². The molecule has 2 rings (SSSR count). The van der Waals surface area contributed by atoms with Crippen LogP contribution in [0.4, 0.5) is 5.69 Å². The van der Waals surface area contributed by atoms with Crippen LogP contribution in [0.5, 0.6) is 0 Å². The summed E-state index contributed by atoms with van der Waals surface area (Å²) in [5.74, 6) is -1.00. The van der Waals surface area contributed by atoms with Crippen molar-refractivity contribution in [2.45, 2.75) is 38.7 Å². The predicted molar refractivity (Wildman–Crippen MR) is 107 cm³/mol. The third kappa shape index (κ3) is 4.80. The number of hydrogen-bond acceptors (Lipinski definition) is 4. The Kier molecular flexibility index (Phi) is 6.73. The van der Waals surface area contributed by atoms with E-state index in [9.17, 15) is 9.59 Å². The lowest BCUT2D eigenvalue weighted by Gasteiger charge is -2.17. The van der Waals surface area contributed by atoms with E-state index < -0.39 is 12.1 Å². The van der Waals surface area contributed by atoms with Gasteiger partial charge in [0.1, 0.15) is 0 Å². The molecule has 0 spiro atoms. The van der Waals surface area contributed by atoms with Gasteiger partial charge in [0.2, 0.25) is 0 Å². The molecule has 0 aliphatic rings. The normalized spacial score (nSPS) is 11.8. The molecule has 0 aliphatic carbocycles. The molecule has 26 heavy (non-hydrogen) atoms. The Morgan fingerprint density at radius 2 is 1.73 bits per heavy atom. The number of halogens is 1. The van der Waals surface area contributed by atoms with Crippen molar-refractivity contribution in [3.05, 3.63) is 57.6 Å². The predicted octanol–water partition coefficient (Wildman–Crippen LogP) is 5.17. The minimum Gasteiger partial charge on any atom is -0.449 e. The second-order valence-electron chi connectivity index (χ2n) is 6.16. The maximum absolute atomic E-state index is 12.5. The van der Waals surface area contributed by atoms with E-state index in [1.807, 2.05) is 45.2 Å². The van der Waals surface area contributed by atoms with E-state index in [0.29, 0.717) is 5.02 Å². The summed E-state index contributed by atoms with van der Waals surface area (Å²) >= 11 is 7.58. The molecule has 0 fully saturated rings. The first kappa shape index (κ1) is 20.3. The van der Waals surface area contributed by atoms with Crippen LogP contribution in [-0.4, -0.2) is 24.2 Å². The lowest BCUT2D eigenvalue weighted by atomic mass is 10.0. The van der Waals surface area contributed by atoms with Gasteiger partial charge in [0.15, 0.2) is 6.10 Å². The van der Waals surface area contributed by atoms with Gasteiger partial charge in [-0.25, -0.2) is 4.79 Å². The van der Waals surface area contributed by atoms with Crippen LogP contribution in [0.15, 0.2) is 35.2 Å². The Morgan fingerprint density at radius 3 is 2.31 bits per heavy atom. The van der Waals surface area contributed by atoms with E-state index in [2.05, 4.69) is 5.32 Å². The monoisotopic (exact) mass is 391 g/mol. The van der Waals surface area contributed by atoms with E-state index >= 15 is 0 Å². The molecular formula is C20H22ClNO3S. The lowest BCUT2D eigenvalue weighted by Crippen LogP contribution is -2.30. The molecule has 4 nitrogen and oxygen atoms in total. The van der Waals surface area contributed by atoms with Crippen molar-refractivity contribution < 1.29 is 14.3 Å². The van der Waals surface area contributed by atoms with E-state index in [4.69, 9.17) is 16.3 Å². The Labute approximate surface area is 163 Å². The molecule has 1 amide bonds. The van der Waals surface area contributed by atoms with Crippen LogP contribution in [0.1, 0.15) is 34.0 Å². The summed E-state index contributed by atoms with van der Waals surface area (Å²) in [6.45, 7) is 7.40. The second kappa shape index (κ2) is 8.60. The number of carbonyl (C=O) groups excluding carboxylic acids is 2. The van der Waals surface area contributed by atoms with Gasteiger partial charge < -0.3 is 10.1 Å². The molecule has 0 heterocycles. The van der Waals surface area contributed by atoms with Crippen LogP contribution in [0.25, 0.3) is 0 Å². The quantitative estimate of drug-likeness (QED) is 0.564. The lowest BCUT2D eigenvalue weighted by molar-refractivity contribution is -0.123. The fraction of sp³-hybridized carbons (Fsp3) is 0.300. The summed E-state index contributed by atoms with van der Waals surface area (Å²) in [5, 5.41) is 3.14. The number of esters is 1. The zero-order valence-electron chi connectivity index (χ0n) is 15.5. The first-order valence-electron chi connectivity index (χ1n) is 8.16. The van der Waals surface area contributed by atoms with Gasteiger partial charge in [-0.1, -0.05) is 29.3 Å². The largest absolute Gasteiger partial charge is 0.449 e. The van der Waals surface area contributed by atoms with Gasteiger partial charge in [-0.2, -0.15) is 0 Å². The molecule has 1 atom stereocenters. The molecule has 6 heteroatoms. The average Bonchev–Trinajstić information content (AvgIpc) is 2.58. The van der Waals surface area contributed by atoms with Crippen LogP contribution >= 0.6 is 23.4 Å². The van der Waals surface area contributed by atoms with Gasteiger partial charge >= 0.3 is 5.97 Å². The molecule has 2 aromatic rings. The Morgan fingerprint density at radius 1 is 1.12 bits per heavy atom. The van der Waals surface area contributed by atoms with Crippen LogP contribution in [0.3, 0.4) is 0 Å². The van der Waals surface area contributed by atoms with Crippen LogP contribution in [0, 0.1) is 20.8 Å². The molecule has 138 valence electrons. The fourth-order valence-electron chi connectivity index (χ4n) is 2.67. The van der Waals surface area contributed by atoms with Crippen LogP contribution in [-0.2, 0) is 9.53 Å². The van der Waals surface area contributed by atoms with Crippen molar-refractivity contribution in [3.63, 3.8) is 0 Å². The van der Waals surface area contributed by atoms with E-state index in [1.54, 1.807) is 19.1 Å². The van der Waals surface area contributed by atoms with Crippen molar-refractivity contribution in [1.29, 1.82) is 0 Å². The standard InChI is InChI=1S/C20H22ClNO3S/c1-11-8-12(2)18(13(3)9-11)22-19(23)14(4)25-20(24)16-10-15(26-5)6-7-17(16)21/h6-10,14H,1-5H3,(H,22,23)/t14-/m0/s1. The van der Waals surface area contributed by atoms with Crippen LogP contribution in [0.2, 0.25) is 5.02 Å². The number of benzene rings is 2. The second-order valence-corrected chi connectivity index (χ2v) is 7.44. The minimum absolute atomic E-state index is 0.251. The first-order chi connectivity index (χ1) is 12.2. The van der Waals surface area contributed by atoms with Crippen molar-refractivity contribution in [2.75, 3.05) is 11.6 Å². The maximum atomic E-state index is 12.5. The van der Waals surface area contributed by atoms with Crippen LogP contribution < -0.4 is 5.32 Å². The van der Waals surface area contributed by atoms with Crippen molar-refractivity contribution in [1.82, 2.24) is 0 Å². The van der Waals surface area contributed by atoms with E-state index in [0.717, 1.165) is 27.3 Å². The maximum Gasteiger partial charge on any atom is 0.340 e. The smallest absolute Gasteiger partial charge is 0.340 e. The molecule has 0 saturated carbocycles. The number of nitrogens with one attached hydrogen (secondary N) is 1. The van der Waals surface area contributed by atoms with Gasteiger partial charge in [0, 0.05) is 10.6 Å². The highest BCUT2D eigenvalue weighted by Gasteiger charge is 2.22. The number of anilines is 1.